The number of aromatic nitrogens is 2. The van der Waals surface area contributed by atoms with Gasteiger partial charge in [0.2, 0.25) is 5.82 Å². The Labute approximate surface area is 121 Å². The minimum absolute atomic E-state index is 0.171. The van der Waals surface area contributed by atoms with Crippen LogP contribution in [0.2, 0.25) is 0 Å². The number of phenolic OH excluding ortho intramolecular Hbond substituents is 1. The third-order valence-corrected chi connectivity index (χ3v) is 4.08. The Morgan fingerprint density at radius 2 is 2.05 bits per heavy atom. The SMILES string of the molecule is COC1(c2noc(-c3ccc(F)cc3O)n2)CCCCC1. The molecule has 1 N–H and O–H groups in total. The molecule has 2 aromatic rings. The van der Waals surface area contributed by atoms with Gasteiger partial charge in [-0.05, 0) is 25.0 Å². The van der Waals surface area contributed by atoms with Crippen molar-refractivity contribution < 1.29 is 18.8 Å². The molecular weight excluding hydrogens is 275 g/mol. The number of hydrogen-bond donors (Lipinski definition) is 1. The quantitative estimate of drug-likeness (QED) is 0.939. The summed E-state index contributed by atoms with van der Waals surface area (Å²) in [5, 5.41) is 13.8. The molecule has 1 heterocycles. The fraction of sp³-hybridized carbons (Fsp3) is 0.467. The Balaban J connectivity index is 1.95. The van der Waals surface area contributed by atoms with Crippen molar-refractivity contribution >= 4 is 0 Å². The number of halogens is 1. The van der Waals surface area contributed by atoms with Crippen LogP contribution in [0.15, 0.2) is 22.7 Å². The first-order valence-electron chi connectivity index (χ1n) is 7.03. The minimum atomic E-state index is -0.518. The van der Waals surface area contributed by atoms with E-state index in [0.717, 1.165) is 31.7 Å². The van der Waals surface area contributed by atoms with Crippen molar-refractivity contribution in [2.75, 3.05) is 7.11 Å². The third-order valence-electron chi connectivity index (χ3n) is 4.08. The molecule has 0 saturated heterocycles. The summed E-state index contributed by atoms with van der Waals surface area (Å²) in [6.45, 7) is 0. The maximum atomic E-state index is 13.0. The molecule has 1 aliphatic rings. The molecule has 6 heteroatoms. The molecule has 21 heavy (non-hydrogen) atoms. The van der Waals surface area contributed by atoms with Crippen LogP contribution in [-0.2, 0) is 10.3 Å². The summed E-state index contributed by atoms with van der Waals surface area (Å²) in [5.74, 6) is -0.0788. The summed E-state index contributed by atoms with van der Waals surface area (Å²) in [7, 11) is 1.65. The molecule has 0 radical (unpaired) electrons. The van der Waals surface area contributed by atoms with E-state index in [4.69, 9.17) is 9.26 Å². The van der Waals surface area contributed by atoms with Gasteiger partial charge in [0.25, 0.3) is 5.89 Å². The van der Waals surface area contributed by atoms with E-state index in [1.165, 1.54) is 18.6 Å². The number of benzene rings is 1. The molecule has 0 spiro atoms. The average Bonchev–Trinajstić information content (AvgIpc) is 2.98. The molecule has 0 amide bonds. The summed E-state index contributed by atoms with van der Waals surface area (Å²) < 4.78 is 23.9. The molecule has 1 aliphatic carbocycles. The summed E-state index contributed by atoms with van der Waals surface area (Å²) in [6.07, 6.45) is 4.98. The summed E-state index contributed by atoms with van der Waals surface area (Å²) >= 11 is 0. The Bertz CT molecular complexity index is 636. The first-order valence-corrected chi connectivity index (χ1v) is 7.03. The molecule has 1 saturated carbocycles. The molecule has 1 fully saturated rings. The predicted molar refractivity (Wildman–Crippen MR) is 73.1 cm³/mol. The van der Waals surface area contributed by atoms with Crippen molar-refractivity contribution in [3.05, 3.63) is 29.8 Å². The van der Waals surface area contributed by atoms with Gasteiger partial charge < -0.3 is 14.4 Å². The van der Waals surface area contributed by atoms with Crippen LogP contribution in [-0.4, -0.2) is 22.4 Å². The monoisotopic (exact) mass is 292 g/mol. The van der Waals surface area contributed by atoms with E-state index in [2.05, 4.69) is 10.1 Å². The van der Waals surface area contributed by atoms with Crippen LogP contribution in [0, 0.1) is 5.82 Å². The fourth-order valence-electron chi connectivity index (χ4n) is 2.85. The van der Waals surface area contributed by atoms with Crippen LogP contribution >= 0.6 is 0 Å². The Kier molecular flexibility index (Phi) is 3.63. The van der Waals surface area contributed by atoms with Crippen LogP contribution in [0.1, 0.15) is 37.9 Å². The molecule has 0 bridgehead atoms. The molecular formula is C15H17FN2O3. The summed E-state index contributed by atoms with van der Waals surface area (Å²) in [5.41, 5.74) is -0.201. The maximum absolute atomic E-state index is 13.0. The molecule has 0 aliphatic heterocycles. The van der Waals surface area contributed by atoms with Crippen LogP contribution in [0.5, 0.6) is 5.75 Å². The first kappa shape index (κ1) is 14.0. The second-order valence-electron chi connectivity index (χ2n) is 5.34. The Morgan fingerprint density at radius 1 is 1.29 bits per heavy atom. The predicted octanol–water partition coefficient (Wildman–Crippen LogP) is 3.39. The number of hydrogen-bond acceptors (Lipinski definition) is 5. The van der Waals surface area contributed by atoms with Gasteiger partial charge in [-0.2, -0.15) is 4.98 Å². The summed E-state index contributed by atoms with van der Waals surface area (Å²) in [6, 6.07) is 3.68. The lowest BCUT2D eigenvalue weighted by atomic mass is 9.84. The smallest absolute Gasteiger partial charge is 0.261 e. The normalized spacial score (nSPS) is 17.8. The topological polar surface area (TPSA) is 68.4 Å². The van der Waals surface area contributed by atoms with Gasteiger partial charge >= 0.3 is 0 Å². The highest BCUT2D eigenvalue weighted by Gasteiger charge is 2.38. The Morgan fingerprint density at radius 3 is 2.71 bits per heavy atom. The fourth-order valence-corrected chi connectivity index (χ4v) is 2.85. The number of nitrogens with zero attached hydrogens (tertiary/aromatic N) is 2. The minimum Gasteiger partial charge on any atom is -0.507 e. The van der Waals surface area contributed by atoms with E-state index in [1.54, 1.807) is 7.11 Å². The zero-order valence-electron chi connectivity index (χ0n) is 11.8. The first-order chi connectivity index (χ1) is 10.1. The molecule has 112 valence electrons. The van der Waals surface area contributed by atoms with E-state index >= 15 is 0 Å². The van der Waals surface area contributed by atoms with Crippen molar-refractivity contribution in [3.63, 3.8) is 0 Å². The molecule has 5 nitrogen and oxygen atoms in total. The van der Waals surface area contributed by atoms with Gasteiger partial charge in [-0.25, -0.2) is 4.39 Å². The molecule has 3 rings (SSSR count). The van der Waals surface area contributed by atoms with E-state index in [1.807, 2.05) is 0 Å². The standard InChI is InChI=1S/C15H17FN2O3/c1-20-15(7-3-2-4-8-15)14-17-13(21-18-14)11-6-5-10(16)9-12(11)19/h5-6,9,19H,2-4,7-8H2,1H3. The van der Waals surface area contributed by atoms with Gasteiger partial charge in [0.1, 0.15) is 17.2 Å². The number of phenols is 1. The van der Waals surface area contributed by atoms with Crippen LogP contribution in [0.4, 0.5) is 4.39 Å². The van der Waals surface area contributed by atoms with Crippen LogP contribution in [0.3, 0.4) is 0 Å². The molecule has 1 aromatic carbocycles. The highest BCUT2D eigenvalue weighted by atomic mass is 19.1. The highest BCUT2D eigenvalue weighted by Crippen LogP contribution is 2.39. The largest absolute Gasteiger partial charge is 0.507 e. The van der Waals surface area contributed by atoms with Crippen molar-refractivity contribution in [2.45, 2.75) is 37.7 Å². The van der Waals surface area contributed by atoms with E-state index < -0.39 is 11.4 Å². The van der Waals surface area contributed by atoms with Crippen molar-refractivity contribution in [2.24, 2.45) is 0 Å². The number of ether oxygens (including phenoxy) is 1. The lowest BCUT2D eigenvalue weighted by Crippen LogP contribution is -2.32. The maximum Gasteiger partial charge on any atom is 0.261 e. The molecule has 0 unspecified atom stereocenters. The van der Waals surface area contributed by atoms with Gasteiger partial charge in [0.05, 0.1) is 5.56 Å². The second kappa shape index (κ2) is 5.44. The number of aromatic hydroxyl groups is 1. The Hall–Kier alpha value is -1.95. The van der Waals surface area contributed by atoms with Crippen molar-refractivity contribution in [1.29, 1.82) is 0 Å². The number of rotatable bonds is 3. The zero-order valence-corrected chi connectivity index (χ0v) is 11.8. The lowest BCUT2D eigenvalue weighted by Gasteiger charge is -2.32. The van der Waals surface area contributed by atoms with Gasteiger partial charge in [0, 0.05) is 13.2 Å². The van der Waals surface area contributed by atoms with Crippen LogP contribution < -0.4 is 0 Å². The molecule has 1 aromatic heterocycles. The van der Waals surface area contributed by atoms with Gasteiger partial charge in [-0.15, -0.1) is 0 Å². The highest BCUT2D eigenvalue weighted by molar-refractivity contribution is 5.61. The zero-order chi connectivity index (χ0) is 14.9. The number of methoxy groups -OCH3 is 1. The van der Waals surface area contributed by atoms with E-state index in [9.17, 15) is 9.50 Å². The van der Waals surface area contributed by atoms with Crippen LogP contribution in [0.25, 0.3) is 11.5 Å². The van der Waals surface area contributed by atoms with Crippen molar-refractivity contribution in [3.8, 4) is 17.2 Å². The van der Waals surface area contributed by atoms with Gasteiger partial charge in [0.15, 0.2) is 0 Å². The van der Waals surface area contributed by atoms with E-state index in [-0.39, 0.29) is 11.6 Å². The van der Waals surface area contributed by atoms with E-state index in [0.29, 0.717) is 11.4 Å². The average molecular weight is 292 g/mol. The molecule has 0 atom stereocenters. The third kappa shape index (κ3) is 2.51. The van der Waals surface area contributed by atoms with Crippen molar-refractivity contribution in [1.82, 2.24) is 10.1 Å². The van der Waals surface area contributed by atoms with Gasteiger partial charge in [-0.3, -0.25) is 0 Å². The lowest BCUT2D eigenvalue weighted by molar-refractivity contribution is -0.0527. The summed E-state index contributed by atoms with van der Waals surface area (Å²) in [4.78, 5) is 4.35. The second-order valence-corrected chi connectivity index (χ2v) is 5.34. The van der Waals surface area contributed by atoms with Gasteiger partial charge in [-0.1, -0.05) is 24.4 Å².